The molecule has 0 saturated heterocycles. The van der Waals surface area contributed by atoms with Gasteiger partial charge in [0.15, 0.2) is 0 Å². The van der Waals surface area contributed by atoms with E-state index < -0.39 is 0 Å². The molecular weight excluding hydrogens is 148 g/mol. The molecule has 0 aromatic rings. The van der Waals surface area contributed by atoms with Crippen LogP contribution in [0.3, 0.4) is 0 Å². The molecule has 0 aromatic heterocycles. The van der Waals surface area contributed by atoms with Crippen LogP contribution >= 0.6 is 21.6 Å². The minimum atomic E-state index is 0.906. The first-order valence-electron chi connectivity index (χ1n) is 3.44. The molecule has 2 rings (SSSR count). The van der Waals surface area contributed by atoms with Gasteiger partial charge in [0.2, 0.25) is 0 Å². The Hall–Kier alpha value is 0.440. The maximum Gasteiger partial charge on any atom is 0.0360 e. The van der Waals surface area contributed by atoms with Gasteiger partial charge in [-0.25, -0.2) is 0 Å². The van der Waals surface area contributed by atoms with Gasteiger partial charge in [0, 0.05) is 11.0 Å². The number of hydrogen-bond donors (Lipinski definition) is 0. The van der Waals surface area contributed by atoms with Crippen molar-refractivity contribution in [2.24, 2.45) is 0 Å². The van der Waals surface area contributed by atoms with Gasteiger partial charge in [0.25, 0.3) is 0 Å². The average molecular weight is 158 g/mol. The van der Waals surface area contributed by atoms with Crippen LogP contribution in [0.1, 0.15) is 19.3 Å². The molecule has 1 aliphatic heterocycles. The number of fused-ring (bicyclic) bond motifs is 1. The molecule has 0 nitrogen and oxygen atoms in total. The van der Waals surface area contributed by atoms with Crippen molar-refractivity contribution in [1.29, 1.82) is 0 Å². The lowest BCUT2D eigenvalue weighted by atomic mass is 10.2. The van der Waals surface area contributed by atoms with E-state index in [1.165, 1.54) is 25.0 Å². The van der Waals surface area contributed by atoms with Crippen LogP contribution in [0.5, 0.6) is 0 Å². The largest absolute Gasteiger partial charge is 0.0894 e. The van der Waals surface area contributed by atoms with Crippen LogP contribution < -0.4 is 0 Å². The molecule has 0 radical (unpaired) electrons. The summed E-state index contributed by atoms with van der Waals surface area (Å²) in [4.78, 5) is 0. The molecule has 2 aliphatic rings. The maximum atomic E-state index is 2.43. The van der Waals surface area contributed by atoms with E-state index in [1.807, 2.05) is 10.8 Å². The summed E-state index contributed by atoms with van der Waals surface area (Å²) in [6.07, 6.45) is 6.69. The Morgan fingerprint density at radius 3 is 3.44 bits per heavy atom. The summed E-state index contributed by atoms with van der Waals surface area (Å²) in [5.74, 6) is 1.25. The van der Waals surface area contributed by atoms with E-state index in [0.717, 1.165) is 5.25 Å². The Morgan fingerprint density at radius 2 is 2.56 bits per heavy atom. The second kappa shape index (κ2) is 2.59. The third kappa shape index (κ3) is 1.15. The van der Waals surface area contributed by atoms with E-state index in [9.17, 15) is 0 Å². The van der Waals surface area contributed by atoms with Gasteiger partial charge >= 0.3 is 0 Å². The predicted octanol–water partition coefficient (Wildman–Crippen LogP) is 2.86. The molecule has 1 heterocycles. The minimum absolute atomic E-state index is 0.906. The minimum Gasteiger partial charge on any atom is -0.0894 e. The Labute approximate surface area is 63.9 Å². The Morgan fingerprint density at radius 1 is 1.56 bits per heavy atom. The quantitative estimate of drug-likeness (QED) is 0.393. The van der Waals surface area contributed by atoms with E-state index in [4.69, 9.17) is 0 Å². The van der Waals surface area contributed by atoms with Crippen molar-refractivity contribution in [3.8, 4) is 0 Å². The van der Waals surface area contributed by atoms with Gasteiger partial charge in [-0.05, 0) is 19.3 Å². The maximum absolute atomic E-state index is 2.43. The van der Waals surface area contributed by atoms with Gasteiger partial charge < -0.3 is 0 Å². The second-order valence-corrected chi connectivity index (χ2v) is 5.16. The summed E-state index contributed by atoms with van der Waals surface area (Å²) >= 11 is 0. The van der Waals surface area contributed by atoms with E-state index in [1.54, 1.807) is 5.57 Å². The van der Waals surface area contributed by atoms with Gasteiger partial charge in [-0.15, -0.1) is 0 Å². The fourth-order valence-corrected chi connectivity index (χ4v) is 4.16. The first-order valence-corrected chi connectivity index (χ1v) is 5.82. The molecular formula is C7H10S2. The Bertz CT molecular complexity index is 140. The van der Waals surface area contributed by atoms with Crippen molar-refractivity contribution in [2.45, 2.75) is 24.5 Å². The highest BCUT2D eigenvalue weighted by Gasteiger charge is 2.23. The normalized spacial score (nSPS) is 33.8. The fourth-order valence-electron chi connectivity index (χ4n) is 1.44. The molecule has 1 aliphatic carbocycles. The molecule has 0 bridgehead atoms. The van der Waals surface area contributed by atoms with Crippen molar-refractivity contribution in [2.75, 3.05) is 5.75 Å². The molecule has 0 aromatic carbocycles. The third-order valence-electron chi connectivity index (χ3n) is 1.94. The van der Waals surface area contributed by atoms with Crippen LogP contribution in [0.2, 0.25) is 0 Å². The summed E-state index contributed by atoms with van der Waals surface area (Å²) < 4.78 is 0. The summed E-state index contributed by atoms with van der Waals surface area (Å²) in [6, 6.07) is 0. The smallest absolute Gasteiger partial charge is 0.0360 e. The highest BCUT2D eigenvalue weighted by molar-refractivity contribution is 8.77. The zero-order chi connectivity index (χ0) is 6.10. The van der Waals surface area contributed by atoms with Crippen LogP contribution in [0.25, 0.3) is 0 Å². The number of hydrogen-bond acceptors (Lipinski definition) is 2. The standard InChI is InChI=1S/C7H10S2/c1-2-6-4-5-8-9-7(6)3-1/h4,7H,1-3,5H2. The molecule has 50 valence electrons. The third-order valence-corrected chi connectivity index (χ3v) is 4.67. The highest BCUT2D eigenvalue weighted by atomic mass is 33.1. The van der Waals surface area contributed by atoms with Crippen molar-refractivity contribution in [3.63, 3.8) is 0 Å². The first kappa shape index (κ1) is 6.17. The van der Waals surface area contributed by atoms with E-state index in [-0.39, 0.29) is 0 Å². The van der Waals surface area contributed by atoms with Crippen LogP contribution in [-0.2, 0) is 0 Å². The van der Waals surface area contributed by atoms with Crippen molar-refractivity contribution in [1.82, 2.24) is 0 Å². The van der Waals surface area contributed by atoms with Gasteiger partial charge in [0.05, 0.1) is 0 Å². The summed E-state index contributed by atoms with van der Waals surface area (Å²) in [6.45, 7) is 0. The first-order chi connectivity index (χ1) is 4.47. The van der Waals surface area contributed by atoms with E-state index >= 15 is 0 Å². The SMILES string of the molecule is C1=C2CCCC2SSC1. The Kier molecular flexibility index (Phi) is 1.77. The second-order valence-electron chi connectivity index (χ2n) is 2.54. The summed E-state index contributed by atoms with van der Waals surface area (Å²) in [7, 11) is 4.09. The molecule has 9 heavy (non-hydrogen) atoms. The summed E-state index contributed by atoms with van der Waals surface area (Å²) in [5, 5.41) is 0.906. The van der Waals surface area contributed by atoms with Gasteiger partial charge in [-0.2, -0.15) is 0 Å². The molecule has 1 fully saturated rings. The molecule has 0 N–H and O–H groups in total. The van der Waals surface area contributed by atoms with Crippen molar-refractivity contribution < 1.29 is 0 Å². The average Bonchev–Trinajstić information content (AvgIpc) is 2.33. The topological polar surface area (TPSA) is 0 Å². The highest BCUT2D eigenvalue weighted by Crippen LogP contribution is 2.44. The lowest BCUT2D eigenvalue weighted by Gasteiger charge is -2.14. The number of rotatable bonds is 0. The molecule has 1 atom stereocenters. The van der Waals surface area contributed by atoms with Crippen LogP contribution in [-0.4, -0.2) is 11.0 Å². The van der Waals surface area contributed by atoms with Gasteiger partial charge in [-0.1, -0.05) is 33.2 Å². The zero-order valence-corrected chi connectivity index (χ0v) is 6.93. The fraction of sp³-hybridized carbons (Fsp3) is 0.714. The van der Waals surface area contributed by atoms with E-state index in [2.05, 4.69) is 16.9 Å². The molecule has 0 spiro atoms. The van der Waals surface area contributed by atoms with Crippen LogP contribution in [0, 0.1) is 0 Å². The van der Waals surface area contributed by atoms with Gasteiger partial charge in [-0.3, -0.25) is 0 Å². The lowest BCUT2D eigenvalue weighted by molar-refractivity contribution is 0.895. The Balaban J connectivity index is 2.16. The lowest BCUT2D eigenvalue weighted by Crippen LogP contribution is -2.00. The van der Waals surface area contributed by atoms with Crippen LogP contribution in [0.15, 0.2) is 11.6 Å². The molecule has 0 amide bonds. The van der Waals surface area contributed by atoms with E-state index in [0.29, 0.717) is 0 Å². The van der Waals surface area contributed by atoms with Crippen molar-refractivity contribution >= 4 is 21.6 Å². The molecule has 2 heteroatoms. The van der Waals surface area contributed by atoms with Gasteiger partial charge in [0.1, 0.15) is 0 Å². The zero-order valence-electron chi connectivity index (χ0n) is 5.30. The predicted molar refractivity (Wildman–Crippen MR) is 45.8 cm³/mol. The van der Waals surface area contributed by atoms with Crippen LogP contribution in [0.4, 0.5) is 0 Å². The van der Waals surface area contributed by atoms with Crippen molar-refractivity contribution in [3.05, 3.63) is 11.6 Å². The summed E-state index contributed by atoms with van der Waals surface area (Å²) in [5.41, 5.74) is 1.73. The molecule has 1 unspecified atom stereocenters. The molecule has 1 saturated carbocycles. The monoisotopic (exact) mass is 158 g/mol.